The molecule has 0 saturated heterocycles. The van der Waals surface area contributed by atoms with E-state index >= 15 is 0 Å². The summed E-state index contributed by atoms with van der Waals surface area (Å²) in [5.74, 6) is 0. The summed E-state index contributed by atoms with van der Waals surface area (Å²) >= 11 is 0. The number of benzene rings is 1. The molecule has 0 heterocycles. The van der Waals surface area contributed by atoms with Gasteiger partial charge in [-0.3, -0.25) is 0 Å². The SMILES string of the molecule is C=C(C)CC(CCc1cccc(C)c1)NC. The minimum Gasteiger partial charge on any atom is -0.317 e. The van der Waals surface area contributed by atoms with Gasteiger partial charge in [0.15, 0.2) is 0 Å². The summed E-state index contributed by atoms with van der Waals surface area (Å²) in [6.07, 6.45) is 3.38. The van der Waals surface area contributed by atoms with E-state index in [4.69, 9.17) is 0 Å². The highest BCUT2D eigenvalue weighted by molar-refractivity contribution is 5.22. The van der Waals surface area contributed by atoms with Crippen LogP contribution in [-0.2, 0) is 6.42 Å². The predicted octanol–water partition coefficient (Wildman–Crippen LogP) is 3.48. The number of hydrogen-bond acceptors (Lipinski definition) is 1. The van der Waals surface area contributed by atoms with E-state index in [9.17, 15) is 0 Å². The van der Waals surface area contributed by atoms with Crippen molar-refractivity contribution in [1.82, 2.24) is 5.32 Å². The molecule has 1 aromatic carbocycles. The zero-order valence-electron chi connectivity index (χ0n) is 10.7. The highest BCUT2D eigenvalue weighted by Crippen LogP contribution is 2.11. The third-order valence-electron chi connectivity index (χ3n) is 2.87. The normalized spacial score (nSPS) is 12.4. The van der Waals surface area contributed by atoms with E-state index in [0.29, 0.717) is 6.04 Å². The molecule has 1 heteroatoms. The predicted molar refractivity (Wildman–Crippen MR) is 71.8 cm³/mol. The Bertz CT molecular complexity index is 341. The van der Waals surface area contributed by atoms with E-state index < -0.39 is 0 Å². The van der Waals surface area contributed by atoms with Crippen molar-refractivity contribution in [1.29, 1.82) is 0 Å². The van der Waals surface area contributed by atoms with Gasteiger partial charge in [0, 0.05) is 6.04 Å². The fourth-order valence-electron chi connectivity index (χ4n) is 1.98. The molecule has 0 amide bonds. The molecule has 1 atom stereocenters. The van der Waals surface area contributed by atoms with Crippen LogP contribution in [0.3, 0.4) is 0 Å². The fourth-order valence-corrected chi connectivity index (χ4v) is 1.98. The quantitative estimate of drug-likeness (QED) is 0.719. The Hall–Kier alpha value is -1.08. The Balaban J connectivity index is 2.46. The molecule has 0 aliphatic rings. The summed E-state index contributed by atoms with van der Waals surface area (Å²) < 4.78 is 0. The van der Waals surface area contributed by atoms with Gasteiger partial charge in [-0.1, -0.05) is 35.4 Å². The topological polar surface area (TPSA) is 12.0 Å². The molecule has 0 aromatic heterocycles. The van der Waals surface area contributed by atoms with Crippen LogP contribution in [0, 0.1) is 6.92 Å². The van der Waals surface area contributed by atoms with Crippen LogP contribution in [-0.4, -0.2) is 13.1 Å². The van der Waals surface area contributed by atoms with Gasteiger partial charge in [-0.15, -0.1) is 6.58 Å². The van der Waals surface area contributed by atoms with Crippen LogP contribution in [0.4, 0.5) is 0 Å². The first kappa shape index (κ1) is 13.0. The molecule has 0 bridgehead atoms. The molecule has 1 N–H and O–H groups in total. The van der Waals surface area contributed by atoms with E-state index in [2.05, 4.69) is 50.0 Å². The van der Waals surface area contributed by atoms with Crippen LogP contribution in [0.15, 0.2) is 36.4 Å². The lowest BCUT2D eigenvalue weighted by molar-refractivity contribution is 0.519. The van der Waals surface area contributed by atoms with Crippen LogP contribution in [0.2, 0.25) is 0 Å². The van der Waals surface area contributed by atoms with Crippen molar-refractivity contribution in [2.75, 3.05) is 7.05 Å². The number of rotatable bonds is 6. The van der Waals surface area contributed by atoms with Crippen molar-refractivity contribution < 1.29 is 0 Å². The van der Waals surface area contributed by atoms with Crippen molar-refractivity contribution >= 4 is 0 Å². The summed E-state index contributed by atoms with van der Waals surface area (Å²) in [6, 6.07) is 9.32. The first-order valence-electron chi connectivity index (χ1n) is 5.99. The largest absolute Gasteiger partial charge is 0.317 e. The Morgan fingerprint density at radius 3 is 2.75 bits per heavy atom. The van der Waals surface area contributed by atoms with Gasteiger partial charge in [-0.25, -0.2) is 0 Å². The smallest absolute Gasteiger partial charge is 0.0104 e. The maximum Gasteiger partial charge on any atom is 0.0104 e. The maximum absolute atomic E-state index is 3.97. The lowest BCUT2D eigenvalue weighted by Gasteiger charge is -2.16. The zero-order valence-corrected chi connectivity index (χ0v) is 10.7. The number of nitrogens with one attached hydrogen (secondary N) is 1. The second kappa shape index (κ2) is 6.49. The Kier molecular flexibility index (Phi) is 5.27. The monoisotopic (exact) mass is 217 g/mol. The standard InChI is InChI=1S/C15H23N/c1-12(2)10-15(16-4)9-8-14-7-5-6-13(3)11-14/h5-7,11,15-16H,1,8-10H2,2-4H3. The van der Waals surface area contributed by atoms with Gasteiger partial charge >= 0.3 is 0 Å². The Labute approximate surface area is 99.6 Å². The van der Waals surface area contributed by atoms with Crippen LogP contribution >= 0.6 is 0 Å². The molecule has 1 unspecified atom stereocenters. The van der Waals surface area contributed by atoms with Gasteiger partial charge in [-0.05, 0) is 45.7 Å². The third-order valence-corrected chi connectivity index (χ3v) is 2.87. The van der Waals surface area contributed by atoms with Gasteiger partial charge in [0.25, 0.3) is 0 Å². The van der Waals surface area contributed by atoms with Crippen molar-refractivity contribution in [2.24, 2.45) is 0 Å². The van der Waals surface area contributed by atoms with Gasteiger partial charge in [0.05, 0.1) is 0 Å². The molecule has 0 spiro atoms. The van der Waals surface area contributed by atoms with Crippen LogP contribution in [0.5, 0.6) is 0 Å². The Morgan fingerprint density at radius 1 is 1.44 bits per heavy atom. The third kappa shape index (κ3) is 4.63. The van der Waals surface area contributed by atoms with Gasteiger partial charge in [0.1, 0.15) is 0 Å². The molecule has 1 aromatic rings. The van der Waals surface area contributed by atoms with E-state index in [1.54, 1.807) is 0 Å². The van der Waals surface area contributed by atoms with Crippen LogP contribution < -0.4 is 5.32 Å². The minimum atomic E-state index is 0.554. The summed E-state index contributed by atoms with van der Waals surface area (Å²) in [5.41, 5.74) is 4.03. The number of aryl methyl sites for hydroxylation is 2. The van der Waals surface area contributed by atoms with Crippen molar-refractivity contribution in [2.45, 2.75) is 39.2 Å². The molecule has 0 saturated carbocycles. The minimum absolute atomic E-state index is 0.554. The van der Waals surface area contributed by atoms with Crippen LogP contribution in [0.1, 0.15) is 30.9 Å². The molecule has 0 aliphatic carbocycles. The fraction of sp³-hybridized carbons (Fsp3) is 0.467. The highest BCUT2D eigenvalue weighted by atomic mass is 14.9. The van der Waals surface area contributed by atoms with Crippen molar-refractivity contribution in [3.05, 3.63) is 47.5 Å². The molecule has 0 aliphatic heterocycles. The van der Waals surface area contributed by atoms with Crippen LogP contribution in [0.25, 0.3) is 0 Å². The van der Waals surface area contributed by atoms with Gasteiger partial charge in [0.2, 0.25) is 0 Å². The first-order valence-corrected chi connectivity index (χ1v) is 5.99. The molecular weight excluding hydrogens is 194 g/mol. The highest BCUT2D eigenvalue weighted by Gasteiger charge is 2.06. The summed E-state index contributed by atoms with van der Waals surface area (Å²) in [5, 5.41) is 3.36. The molecule has 1 rings (SSSR count). The van der Waals surface area contributed by atoms with E-state index in [1.807, 2.05) is 7.05 Å². The summed E-state index contributed by atoms with van der Waals surface area (Å²) in [4.78, 5) is 0. The average Bonchev–Trinajstić information content (AvgIpc) is 2.24. The molecule has 16 heavy (non-hydrogen) atoms. The molecule has 1 nitrogen and oxygen atoms in total. The van der Waals surface area contributed by atoms with Crippen molar-refractivity contribution in [3.63, 3.8) is 0 Å². The molecule has 0 fully saturated rings. The van der Waals surface area contributed by atoms with E-state index in [0.717, 1.165) is 12.8 Å². The zero-order chi connectivity index (χ0) is 12.0. The molecule has 88 valence electrons. The van der Waals surface area contributed by atoms with Crippen molar-refractivity contribution in [3.8, 4) is 0 Å². The second-order valence-corrected chi connectivity index (χ2v) is 4.67. The summed E-state index contributed by atoms with van der Waals surface area (Å²) in [7, 11) is 2.03. The molecule has 0 radical (unpaired) electrons. The average molecular weight is 217 g/mol. The lowest BCUT2D eigenvalue weighted by atomic mass is 9.99. The van der Waals surface area contributed by atoms with Gasteiger partial charge in [-0.2, -0.15) is 0 Å². The second-order valence-electron chi connectivity index (χ2n) is 4.67. The van der Waals surface area contributed by atoms with Gasteiger partial charge < -0.3 is 5.32 Å². The number of hydrogen-bond donors (Lipinski definition) is 1. The first-order chi connectivity index (χ1) is 7.61. The summed E-state index contributed by atoms with van der Waals surface area (Å²) in [6.45, 7) is 8.21. The molecular formula is C15H23N. The Morgan fingerprint density at radius 2 is 2.19 bits per heavy atom. The lowest BCUT2D eigenvalue weighted by Crippen LogP contribution is -2.25. The van der Waals surface area contributed by atoms with E-state index in [1.165, 1.54) is 23.1 Å². The maximum atomic E-state index is 3.97. The van der Waals surface area contributed by atoms with E-state index in [-0.39, 0.29) is 0 Å².